The number of carbonyl (C=O) groups excluding carboxylic acids is 3. The van der Waals surface area contributed by atoms with Crippen molar-refractivity contribution in [3.63, 3.8) is 0 Å². The summed E-state index contributed by atoms with van der Waals surface area (Å²) in [6, 6.07) is 4.95. The number of amides is 2. The highest BCUT2D eigenvalue weighted by Crippen LogP contribution is 2.36. The zero-order chi connectivity index (χ0) is 19.4. The quantitative estimate of drug-likeness (QED) is 0.589. The Kier molecular flexibility index (Phi) is 5.68. The van der Waals surface area contributed by atoms with Gasteiger partial charge in [0, 0.05) is 18.2 Å². The zero-order valence-corrected chi connectivity index (χ0v) is 15.8. The van der Waals surface area contributed by atoms with Gasteiger partial charge in [-0.2, -0.15) is 0 Å². The molecule has 0 saturated heterocycles. The van der Waals surface area contributed by atoms with E-state index in [0.29, 0.717) is 29.5 Å². The lowest BCUT2D eigenvalue weighted by molar-refractivity contribution is -0.165. The summed E-state index contributed by atoms with van der Waals surface area (Å²) in [4.78, 5) is 36.6. The van der Waals surface area contributed by atoms with E-state index in [-0.39, 0.29) is 12.5 Å². The number of rotatable bonds is 6. The summed E-state index contributed by atoms with van der Waals surface area (Å²) in [6.07, 6.45) is 6.35. The molecule has 2 aliphatic rings. The van der Waals surface area contributed by atoms with Gasteiger partial charge in [0.15, 0.2) is 0 Å². The number of hydrogen-bond acceptors (Lipinski definition) is 5. The van der Waals surface area contributed by atoms with E-state index in [4.69, 9.17) is 9.47 Å². The Balaban J connectivity index is 1.66. The highest BCUT2D eigenvalue weighted by Gasteiger charge is 2.48. The van der Waals surface area contributed by atoms with Gasteiger partial charge in [0.05, 0.1) is 12.3 Å². The number of hydrogen-bond donors (Lipinski definition) is 2. The molecular weight excluding hydrogens is 348 g/mol. The number of nitrogens with one attached hydrogen (secondary N) is 2. The predicted octanol–water partition coefficient (Wildman–Crippen LogP) is 3.25. The van der Waals surface area contributed by atoms with Crippen molar-refractivity contribution in [1.82, 2.24) is 0 Å². The van der Waals surface area contributed by atoms with Crippen molar-refractivity contribution < 1.29 is 23.9 Å². The van der Waals surface area contributed by atoms with Crippen LogP contribution in [-0.4, -0.2) is 30.0 Å². The molecule has 3 rings (SSSR count). The van der Waals surface area contributed by atoms with Gasteiger partial charge in [0.1, 0.15) is 5.75 Å². The normalized spacial score (nSPS) is 21.8. The summed E-state index contributed by atoms with van der Waals surface area (Å²) in [5, 5.41) is 5.52. The SMILES string of the molecule is CCOC(=O)C1(C)Oc2cc(NC(=O)CCC3CCCC3)ccc2NC1=O. The van der Waals surface area contributed by atoms with Gasteiger partial charge < -0.3 is 20.1 Å². The molecule has 7 nitrogen and oxygen atoms in total. The first-order valence-corrected chi connectivity index (χ1v) is 9.54. The third-order valence-corrected chi connectivity index (χ3v) is 5.18. The fraction of sp³-hybridized carbons (Fsp3) is 0.550. The highest BCUT2D eigenvalue weighted by molar-refractivity contribution is 6.14. The molecule has 1 unspecified atom stereocenters. The molecule has 0 aromatic heterocycles. The van der Waals surface area contributed by atoms with E-state index in [2.05, 4.69) is 10.6 Å². The van der Waals surface area contributed by atoms with Gasteiger partial charge in [0.25, 0.3) is 11.5 Å². The summed E-state index contributed by atoms with van der Waals surface area (Å²) in [5.74, 6) is -0.405. The first-order chi connectivity index (χ1) is 12.9. The molecule has 1 aliphatic heterocycles. The van der Waals surface area contributed by atoms with Crippen LogP contribution in [0.4, 0.5) is 11.4 Å². The summed E-state index contributed by atoms with van der Waals surface area (Å²) in [5.41, 5.74) is -0.744. The summed E-state index contributed by atoms with van der Waals surface area (Å²) >= 11 is 0. The second-order valence-electron chi connectivity index (χ2n) is 7.26. The van der Waals surface area contributed by atoms with E-state index in [1.54, 1.807) is 25.1 Å². The molecule has 0 bridgehead atoms. The van der Waals surface area contributed by atoms with Gasteiger partial charge in [0.2, 0.25) is 5.91 Å². The summed E-state index contributed by atoms with van der Waals surface area (Å²) in [6.45, 7) is 3.18. The third kappa shape index (κ3) is 4.23. The molecule has 2 amide bonds. The van der Waals surface area contributed by atoms with Crippen molar-refractivity contribution in [1.29, 1.82) is 0 Å². The largest absolute Gasteiger partial charge is 0.464 e. The highest BCUT2D eigenvalue weighted by atomic mass is 16.6. The second kappa shape index (κ2) is 7.98. The van der Waals surface area contributed by atoms with Crippen LogP contribution in [0, 0.1) is 5.92 Å². The Hall–Kier alpha value is -2.57. The number of fused-ring (bicyclic) bond motifs is 1. The lowest BCUT2D eigenvalue weighted by atomic mass is 10.0. The van der Waals surface area contributed by atoms with E-state index < -0.39 is 17.5 Å². The summed E-state index contributed by atoms with van der Waals surface area (Å²) in [7, 11) is 0. The lowest BCUT2D eigenvalue weighted by Crippen LogP contribution is -2.55. The fourth-order valence-electron chi connectivity index (χ4n) is 3.56. The number of anilines is 2. The Morgan fingerprint density at radius 1 is 1.33 bits per heavy atom. The Bertz CT molecular complexity index is 742. The topological polar surface area (TPSA) is 93.7 Å². The van der Waals surface area contributed by atoms with E-state index in [1.807, 2.05) is 0 Å². The van der Waals surface area contributed by atoms with Crippen LogP contribution in [0.2, 0.25) is 0 Å². The number of ether oxygens (including phenoxy) is 2. The van der Waals surface area contributed by atoms with Crippen molar-refractivity contribution in [2.45, 2.75) is 58.0 Å². The van der Waals surface area contributed by atoms with Crippen LogP contribution in [-0.2, 0) is 19.1 Å². The van der Waals surface area contributed by atoms with Gasteiger partial charge in [-0.1, -0.05) is 25.7 Å². The van der Waals surface area contributed by atoms with Gasteiger partial charge in [-0.05, 0) is 38.3 Å². The van der Waals surface area contributed by atoms with Gasteiger partial charge in [-0.3, -0.25) is 9.59 Å². The number of esters is 1. The predicted molar refractivity (Wildman–Crippen MR) is 101 cm³/mol. The molecule has 1 aliphatic carbocycles. The molecule has 1 aromatic carbocycles. The maximum Gasteiger partial charge on any atom is 0.360 e. The van der Waals surface area contributed by atoms with E-state index in [9.17, 15) is 14.4 Å². The van der Waals surface area contributed by atoms with Crippen molar-refractivity contribution in [2.24, 2.45) is 5.92 Å². The van der Waals surface area contributed by atoms with Crippen LogP contribution in [0.1, 0.15) is 52.4 Å². The molecule has 1 atom stereocenters. The molecule has 146 valence electrons. The number of benzene rings is 1. The molecule has 1 aromatic rings. The molecular formula is C20H26N2O5. The van der Waals surface area contributed by atoms with Crippen LogP contribution in [0.5, 0.6) is 5.75 Å². The van der Waals surface area contributed by atoms with Crippen molar-refractivity contribution in [3.05, 3.63) is 18.2 Å². The van der Waals surface area contributed by atoms with Gasteiger partial charge in [-0.15, -0.1) is 0 Å². The molecule has 0 spiro atoms. The van der Waals surface area contributed by atoms with Crippen molar-refractivity contribution in [3.8, 4) is 5.75 Å². The van der Waals surface area contributed by atoms with Crippen molar-refractivity contribution >= 4 is 29.2 Å². The van der Waals surface area contributed by atoms with Gasteiger partial charge in [-0.25, -0.2) is 4.79 Å². The molecule has 27 heavy (non-hydrogen) atoms. The average Bonchev–Trinajstić information content (AvgIpc) is 3.15. The third-order valence-electron chi connectivity index (χ3n) is 5.18. The maximum atomic E-state index is 12.3. The zero-order valence-electron chi connectivity index (χ0n) is 15.8. The first kappa shape index (κ1) is 19.2. The molecule has 1 saturated carbocycles. The monoisotopic (exact) mass is 374 g/mol. The Morgan fingerprint density at radius 3 is 2.78 bits per heavy atom. The molecule has 7 heteroatoms. The fourth-order valence-corrected chi connectivity index (χ4v) is 3.56. The smallest absolute Gasteiger partial charge is 0.360 e. The minimum absolute atomic E-state index is 0.0464. The average molecular weight is 374 g/mol. The van der Waals surface area contributed by atoms with Crippen molar-refractivity contribution in [2.75, 3.05) is 17.2 Å². The Morgan fingerprint density at radius 2 is 2.07 bits per heavy atom. The van der Waals surface area contributed by atoms with Crippen LogP contribution in [0.25, 0.3) is 0 Å². The molecule has 1 fully saturated rings. The number of carbonyl (C=O) groups is 3. The van der Waals surface area contributed by atoms with Crippen LogP contribution < -0.4 is 15.4 Å². The Labute approximate surface area is 158 Å². The van der Waals surface area contributed by atoms with E-state index >= 15 is 0 Å². The second-order valence-corrected chi connectivity index (χ2v) is 7.26. The van der Waals surface area contributed by atoms with E-state index in [0.717, 1.165) is 6.42 Å². The minimum atomic E-state index is -1.76. The first-order valence-electron chi connectivity index (χ1n) is 9.54. The maximum absolute atomic E-state index is 12.3. The lowest BCUT2D eigenvalue weighted by Gasteiger charge is -2.32. The molecule has 2 N–H and O–H groups in total. The minimum Gasteiger partial charge on any atom is -0.464 e. The molecule has 0 radical (unpaired) electrons. The van der Waals surface area contributed by atoms with E-state index in [1.165, 1.54) is 32.6 Å². The van der Waals surface area contributed by atoms with Crippen LogP contribution >= 0.6 is 0 Å². The van der Waals surface area contributed by atoms with Crippen LogP contribution in [0.3, 0.4) is 0 Å². The van der Waals surface area contributed by atoms with Crippen LogP contribution in [0.15, 0.2) is 18.2 Å². The standard InChI is InChI=1S/C20H26N2O5/c1-3-26-19(25)20(2)18(24)22-15-10-9-14(12-16(15)27-20)21-17(23)11-8-13-6-4-5-7-13/h9-10,12-13H,3-8,11H2,1-2H3,(H,21,23)(H,22,24). The molecule has 1 heterocycles. The van der Waals surface area contributed by atoms with Gasteiger partial charge >= 0.3 is 5.97 Å². The summed E-state index contributed by atoms with van der Waals surface area (Å²) < 4.78 is 10.6.